The summed E-state index contributed by atoms with van der Waals surface area (Å²) in [5.41, 5.74) is 4.80. The van der Waals surface area contributed by atoms with E-state index in [0.29, 0.717) is 31.6 Å². The Labute approximate surface area is 173 Å². The summed E-state index contributed by atoms with van der Waals surface area (Å²) in [6.07, 6.45) is 3.42. The molecule has 2 unspecified atom stereocenters. The second-order valence-electron chi connectivity index (χ2n) is 7.80. The van der Waals surface area contributed by atoms with E-state index in [1.807, 2.05) is 6.07 Å². The summed E-state index contributed by atoms with van der Waals surface area (Å²) in [7, 11) is -3.63. The average Bonchev–Trinajstić information content (AvgIpc) is 3.41. The lowest BCUT2D eigenvalue weighted by Gasteiger charge is -2.15. The highest BCUT2D eigenvalue weighted by Gasteiger charge is 2.30. The Morgan fingerprint density at radius 3 is 2.97 bits per heavy atom. The molecule has 11 heteroatoms. The van der Waals surface area contributed by atoms with Gasteiger partial charge in [-0.1, -0.05) is 6.07 Å². The molecular weight excluding hydrogens is 408 g/mol. The van der Waals surface area contributed by atoms with Crippen LogP contribution < -0.4 is 15.8 Å². The van der Waals surface area contributed by atoms with Crippen LogP contribution in [0, 0.1) is 0 Å². The van der Waals surface area contributed by atoms with Gasteiger partial charge >= 0.3 is 6.03 Å². The van der Waals surface area contributed by atoms with Crippen molar-refractivity contribution in [1.29, 1.82) is 0 Å². The monoisotopic (exact) mass is 430 g/mol. The summed E-state index contributed by atoms with van der Waals surface area (Å²) in [4.78, 5) is 24.6. The van der Waals surface area contributed by atoms with E-state index in [0.717, 1.165) is 41.5 Å². The SMILES string of the molecule is NS(=O)(=NC(=O)Nc1c2c(cc3c1CCC3O)CCC2)c1cc2n(n1)CCNC2=O. The molecule has 158 valence electrons. The van der Waals surface area contributed by atoms with Crippen LogP contribution in [0.3, 0.4) is 0 Å². The standard InChI is InChI=1S/C19H22N6O4S/c20-30(29,16-9-14-18(27)21-6-7-25(14)23-16)24-19(28)22-17-11-3-1-2-10(11)8-13-12(17)4-5-15(13)26/h8-9,15,26H,1-7H2,(H,21,27)(H3,20,22,24,28,29). The number of anilines is 1. The van der Waals surface area contributed by atoms with Gasteiger partial charge in [0.05, 0.1) is 12.6 Å². The van der Waals surface area contributed by atoms with Gasteiger partial charge < -0.3 is 15.7 Å². The number of aliphatic hydroxyl groups excluding tert-OH is 1. The first-order valence-electron chi connectivity index (χ1n) is 9.91. The van der Waals surface area contributed by atoms with Gasteiger partial charge in [0.2, 0.25) is 0 Å². The molecule has 3 aliphatic rings. The van der Waals surface area contributed by atoms with Crippen LogP contribution in [-0.2, 0) is 35.7 Å². The van der Waals surface area contributed by atoms with Crippen LogP contribution in [0.1, 0.15) is 51.7 Å². The van der Waals surface area contributed by atoms with Crippen molar-refractivity contribution in [3.05, 3.63) is 40.1 Å². The van der Waals surface area contributed by atoms with Gasteiger partial charge in [-0.15, -0.1) is 4.36 Å². The number of hydrogen-bond acceptors (Lipinski definition) is 5. The lowest BCUT2D eigenvalue weighted by molar-refractivity contribution is 0.0924. The van der Waals surface area contributed by atoms with E-state index in [9.17, 15) is 18.9 Å². The maximum atomic E-state index is 12.9. The zero-order chi connectivity index (χ0) is 21.0. The number of rotatable bonds is 2. The highest BCUT2D eigenvalue weighted by Crippen LogP contribution is 2.42. The molecule has 5 rings (SSSR count). The molecule has 2 heterocycles. The molecule has 30 heavy (non-hydrogen) atoms. The van der Waals surface area contributed by atoms with Gasteiger partial charge in [0.15, 0.2) is 14.9 Å². The molecule has 3 amide bonds. The third kappa shape index (κ3) is 3.09. The first-order valence-corrected chi connectivity index (χ1v) is 11.5. The number of hydrogen-bond donors (Lipinski definition) is 4. The fourth-order valence-corrected chi connectivity index (χ4v) is 5.40. The molecule has 10 nitrogen and oxygen atoms in total. The van der Waals surface area contributed by atoms with Crippen molar-refractivity contribution in [2.75, 3.05) is 11.9 Å². The van der Waals surface area contributed by atoms with E-state index in [1.54, 1.807) is 0 Å². The van der Waals surface area contributed by atoms with E-state index in [1.165, 1.54) is 10.7 Å². The smallest absolute Gasteiger partial charge is 0.354 e. The highest BCUT2D eigenvalue weighted by molar-refractivity contribution is 7.91. The third-order valence-corrected chi connectivity index (χ3v) is 7.15. The van der Waals surface area contributed by atoms with Crippen LogP contribution in [0.2, 0.25) is 0 Å². The van der Waals surface area contributed by atoms with E-state index in [-0.39, 0.29) is 16.6 Å². The molecule has 2 aromatic rings. The zero-order valence-electron chi connectivity index (χ0n) is 16.2. The maximum absolute atomic E-state index is 12.9. The average molecular weight is 430 g/mol. The normalized spacial score (nSPS) is 21.3. The molecule has 1 aliphatic heterocycles. The number of amides is 3. The number of fused-ring (bicyclic) bond motifs is 3. The van der Waals surface area contributed by atoms with E-state index in [2.05, 4.69) is 20.1 Å². The predicted octanol–water partition coefficient (Wildman–Crippen LogP) is 1.03. The van der Waals surface area contributed by atoms with Crippen molar-refractivity contribution < 1.29 is 18.9 Å². The Kier molecular flexibility index (Phi) is 4.42. The summed E-state index contributed by atoms with van der Waals surface area (Å²) >= 11 is 0. The molecule has 2 atom stereocenters. The Morgan fingerprint density at radius 1 is 1.33 bits per heavy atom. The fourth-order valence-electron chi connectivity index (χ4n) is 4.52. The topological polar surface area (TPSA) is 152 Å². The molecule has 5 N–H and O–H groups in total. The van der Waals surface area contributed by atoms with E-state index in [4.69, 9.17) is 5.14 Å². The fraction of sp³-hybridized carbons (Fsp3) is 0.421. The minimum atomic E-state index is -3.63. The quantitative estimate of drug-likeness (QED) is 0.561. The van der Waals surface area contributed by atoms with Crippen molar-refractivity contribution in [1.82, 2.24) is 15.1 Å². The number of aryl methyl sites for hydroxylation is 1. The van der Waals surface area contributed by atoms with Crippen LogP contribution in [0.4, 0.5) is 10.5 Å². The van der Waals surface area contributed by atoms with E-state index >= 15 is 0 Å². The molecule has 0 spiro atoms. The Bertz CT molecular complexity index is 1210. The van der Waals surface area contributed by atoms with Crippen molar-refractivity contribution >= 4 is 27.5 Å². The number of carbonyl (C=O) groups excluding carboxylic acids is 2. The molecule has 0 radical (unpaired) electrons. The van der Waals surface area contributed by atoms with Crippen LogP contribution >= 0.6 is 0 Å². The van der Waals surface area contributed by atoms with Crippen molar-refractivity contribution in [2.24, 2.45) is 9.50 Å². The van der Waals surface area contributed by atoms with Crippen molar-refractivity contribution in [3.63, 3.8) is 0 Å². The van der Waals surface area contributed by atoms with Crippen LogP contribution in [0.25, 0.3) is 0 Å². The number of nitrogens with zero attached hydrogens (tertiary/aromatic N) is 3. The van der Waals surface area contributed by atoms with Crippen LogP contribution in [0.15, 0.2) is 21.5 Å². The summed E-state index contributed by atoms with van der Waals surface area (Å²) in [6, 6.07) is 2.51. The second-order valence-corrected chi connectivity index (χ2v) is 9.54. The highest BCUT2D eigenvalue weighted by atomic mass is 32.2. The van der Waals surface area contributed by atoms with Gasteiger partial charge in [-0.05, 0) is 54.4 Å². The minimum Gasteiger partial charge on any atom is -0.388 e. The number of nitrogens with two attached hydrogens (primary N) is 1. The summed E-state index contributed by atoms with van der Waals surface area (Å²) < 4.78 is 18.0. The lowest BCUT2D eigenvalue weighted by atomic mass is 9.98. The molecule has 1 aromatic heterocycles. The van der Waals surface area contributed by atoms with Gasteiger partial charge in [-0.25, -0.2) is 14.1 Å². The number of carbonyl (C=O) groups is 2. The Morgan fingerprint density at radius 2 is 2.17 bits per heavy atom. The largest absolute Gasteiger partial charge is 0.388 e. The predicted molar refractivity (Wildman–Crippen MR) is 108 cm³/mol. The van der Waals surface area contributed by atoms with E-state index < -0.39 is 22.1 Å². The summed E-state index contributed by atoms with van der Waals surface area (Å²) in [5, 5.41) is 25.5. The van der Waals surface area contributed by atoms with Crippen LogP contribution in [0.5, 0.6) is 0 Å². The third-order valence-electron chi connectivity index (χ3n) is 5.92. The maximum Gasteiger partial charge on any atom is 0.354 e. The molecule has 1 aromatic carbocycles. The molecule has 2 aliphatic carbocycles. The first kappa shape index (κ1) is 19.2. The number of benzene rings is 1. The molecule has 0 fully saturated rings. The number of aromatic nitrogens is 2. The van der Waals surface area contributed by atoms with Crippen molar-refractivity contribution in [3.8, 4) is 0 Å². The van der Waals surface area contributed by atoms with Gasteiger partial charge in [0.1, 0.15) is 5.69 Å². The second kappa shape index (κ2) is 6.89. The number of aliphatic hydroxyl groups is 1. The Hall–Kier alpha value is -2.76. The lowest BCUT2D eigenvalue weighted by Crippen LogP contribution is -2.35. The van der Waals surface area contributed by atoms with Crippen LogP contribution in [-0.4, -0.2) is 37.6 Å². The Balaban J connectivity index is 1.48. The minimum absolute atomic E-state index is 0.108. The molecular formula is C19H22N6O4S. The molecule has 0 saturated carbocycles. The van der Waals surface area contributed by atoms with Gasteiger partial charge in [0, 0.05) is 18.3 Å². The van der Waals surface area contributed by atoms with Gasteiger partial charge in [0.25, 0.3) is 5.91 Å². The first-order chi connectivity index (χ1) is 14.3. The number of nitrogens with one attached hydrogen (secondary N) is 2. The molecule has 0 saturated heterocycles. The summed E-state index contributed by atoms with van der Waals surface area (Å²) in [6.45, 7) is 0.833. The van der Waals surface area contributed by atoms with Crippen molar-refractivity contribution in [2.45, 2.75) is 49.8 Å². The molecule has 0 bridgehead atoms. The van der Waals surface area contributed by atoms with Gasteiger partial charge in [-0.3, -0.25) is 9.48 Å². The number of urea groups is 1. The van der Waals surface area contributed by atoms with Gasteiger partial charge in [-0.2, -0.15) is 5.10 Å². The summed E-state index contributed by atoms with van der Waals surface area (Å²) in [5.74, 6) is -0.339. The zero-order valence-corrected chi connectivity index (χ0v) is 17.0.